The van der Waals surface area contributed by atoms with E-state index in [2.05, 4.69) is 0 Å². The molecule has 10 nitrogen and oxygen atoms in total. The van der Waals surface area contributed by atoms with Gasteiger partial charge in [-0.25, -0.2) is 8.98 Å². The Morgan fingerprint density at radius 2 is 1.24 bits per heavy atom. The Morgan fingerprint density at radius 3 is 1.73 bits per heavy atom. The van der Waals surface area contributed by atoms with Crippen LogP contribution >= 0.6 is 0 Å². The number of ether oxygens (including phenoxy) is 3. The van der Waals surface area contributed by atoms with Crippen molar-refractivity contribution >= 4 is 26.2 Å². The van der Waals surface area contributed by atoms with Gasteiger partial charge in [0.15, 0.2) is 18.5 Å². The van der Waals surface area contributed by atoms with Crippen LogP contribution in [0.5, 0.6) is 0 Å². The fourth-order valence-corrected chi connectivity index (χ4v) is 5.67. The summed E-state index contributed by atoms with van der Waals surface area (Å²) in [6, 6.07) is 11.8. The fraction of sp³-hybridized carbons (Fsp3) is 0.381. The van der Waals surface area contributed by atoms with E-state index in [1.807, 2.05) is 0 Å². The molecule has 2 aliphatic rings. The number of rotatable bonds is 7. The van der Waals surface area contributed by atoms with Crippen LogP contribution in [0.4, 0.5) is 0 Å². The smallest absolute Gasteiger partial charge is 0.340 e. The summed E-state index contributed by atoms with van der Waals surface area (Å²) in [5, 5.41) is 0. The largest absolute Gasteiger partial charge is 0.454 e. The highest BCUT2D eigenvalue weighted by atomic mass is 32.2. The average Bonchev–Trinajstić information content (AvgIpc) is 3.24. The van der Waals surface area contributed by atoms with Gasteiger partial charge in [0, 0.05) is 7.11 Å². The second-order valence-corrected chi connectivity index (χ2v) is 10.9. The maximum Gasteiger partial charge on any atom is 0.340 e. The number of aryl methyl sites for hydroxylation is 2. The van der Waals surface area contributed by atoms with Crippen molar-refractivity contribution < 1.29 is 44.2 Å². The average molecular weight is 499 g/mol. The zero-order valence-electron chi connectivity index (χ0n) is 17.9. The lowest BCUT2D eigenvalue weighted by atomic mass is 10.1. The molecule has 0 saturated carbocycles. The van der Waals surface area contributed by atoms with Gasteiger partial charge < -0.3 is 14.2 Å². The van der Waals surface area contributed by atoms with Crippen LogP contribution < -0.4 is 0 Å². The molecule has 2 aliphatic heterocycles. The van der Waals surface area contributed by atoms with Crippen molar-refractivity contribution in [2.45, 2.75) is 54.3 Å². The zero-order chi connectivity index (χ0) is 24.0. The second-order valence-electron chi connectivity index (χ2n) is 7.72. The fourth-order valence-electron chi connectivity index (χ4n) is 3.55. The summed E-state index contributed by atoms with van der Waals surface area (Å²) in [4.78, 5) is 12.2. The first-order chi connectivity index (χ1) is 15.5. The molecule has 12 heteroatoms. The number of esters is 1. The van der Waals surface area contributed by atoms with E-state index in [0.717, 1.165) is 11.1 Å². The van der Waals surface area contributed by atoms with Crippen molar-refractivity contribution in [3.63, 3.8) is 0 Å². The standard InChI is InChI=1S/C21H22O10S2/c1-12-4-8-14(9-5-12)32(23,24)30-18-16-17(28-20(18)22)19(21(27-3)29-16)31-33(25,26)15-10-6-13(2)7-11-15/h4-11,16-19,21H,1-3H3/t16-,17-,18-,19+,21+/m0/s1. The normalized spacial score (nSPS) is 27.4. The first-order valence-electron chi connectivity index (χ1n) is 9.90. The van der Waals surface area contributed by atoms with Crippen molar-refractivity contribution in [1.29, 1.82) is 0 Å². The molecule has 2 saturated heterocycles. The van der Waals surface area contributed by atoms with Gasteiger partial charge in [-0.1, -0.05) is 35.4 Å². The number of benzene rings is 2. The molecule has 4 rings (SSSR count). The molecule has 33 heavy (non-hydrogen) atoms. The maximum atomic E-state index is 12.8. The molecular formula is C21H22O10S2. The summed E-state index contributed by atoms with van der Waals surface area (Å²) >= 11 is 0. The second kappa shape index (κ2) is 8.78. The zero-order valence-corrected chi connectivity index (χ0v) is 19.5. The van der Waals surface area contributed by atoms with Gasteiger partial charge in [-0.05, 0) is 38.1 Å². The van der Waals surface area contributed by atoms with Crippen molar-refractivity contribution in [3.8, 4) is 0 Å². The molecule has 0 aromatic heterocycles. The molecule has 2 fully saturated rings. The monoisotopic (exact) mass is 498 g/mol. The Labute approximate surface area is 191 Å². The Morgan fingerprint density at radius 1 is 0.758 bits per heavy atom. The van der Waals surface area contributed by atoms with Crippen LogP contribution in [-0.2, 0) is 47.6 Å². The van der Waals surface area contributed by atoms with Crippen LogP contribution in [0.1, 0.15) is 11.1 Å². The lowest BCUT2D eigenvalue weighted by Gasteiger charge is -2.20. The molecular weight excluding hydrogens is 476 g/mol. The van der Waals surface area contributed by atoms with Crippen LogP contribution in [-0.4, -0.2) is 60.6 Å². The number of hydrogen-bond donors (Lipinski definition) is 0. The Balaban J connectivity index is 1.56. The van der Waals surface area contributed by atoms with Gasteiger partial charge in [-0.15, -0.1) is 0 Å². The number of methoxy groups -OCH3 is 1. The third kappa shape index (κ3) is 4.67. The molecule has 0 radical (unpaired) electrons. The van der Waals surface area contributed by atoms with E-state index in [0.29, 0.717) is 0 Å². The molecule has 0 amide bonds. The summed E-state index contributed by atoms with van der Waals surface area (Å²) in [5.41, 5.74) is 1.69. The van der Waals surface area contributed by atoms with E-state index >= 15 is 0 Å². The van der Waals surface area contributed by atoms with Crippen LogP contribution in [0, 0.1) is 13.8 Å². The molecule has 2 heterocycles. The Bertz CT molecular complexity index is 1240. The van der Waals surface area contributed by atoms with Gasteiger partial charge in [0.1, 0.15) is 6.10 Å². The summed E-state index contributed by atoms with van der Waals surface area (Å²) in [7, 11) is -7.36. The van der Waals surface area contributed by atoms with E-state index in [9.17, 15) is 21.6 Å². The minimum Gasteiger partial charge on any atom is -0.454 e. The SMILES string of the molecule is CO[C@@H]1O[C@H]2[C@H](OC(=O)[C@H]2OS(=O)(=O)c2ccc(C)cc2)[C@H]1OS(=O)(=O)c1ccc(C)cc1. The molecule has 2 aromatic carbocycles. The van der Waals surface area contributed by atoms with Crippen LogP contribution in [0.15, 0.2) is 58.3 Å². The summed E-state index contributed by atoms with van der Waals surface area (Å²) in [6.07, 6.45) is -6.80. The summed E-state index contributed by atoms with van der Waals surface area (Å²) in [6.45, 7) is 3.59. The van der Waals surface area contributed by atoms with E-state index in [1.165, 1.54) is 31.4 Å². The summed E-state index contributed by atoms with van der Waals surface area (Å²) < 4.78 is 77.2. The first-order valence-corrected chi connectivity index (χ1v) is 12.7. The van der Waals surface area contributed by atoms with Gasteiger partial charge in [-0.2, -0.15) is 16.8 Å². The highest BCUT2D eigenvalue weighted by Crippen LogP contribution is 2.38. The molecule has 178 valence electrons. The molecule has 0 aliphatic carbocycles. The third-order valence-corrected chi connectivity index (χ3v) is 7.95. The number of carbonyl (C=O) groups is 1. The first kappa shape index (κ1) is 23.8. The number of fused-ring (bicyclic) bond motifs is 1. The van der Waals surface area contributed by atoms with E-state index < -0.39 is 56.9 Å². The highest BCUT2D eigenvalue weighted by molar-refractivity contribution is 7.87. The highest BCUT2D eigenvalue weighted by Gasteiger charge is 2.61. The number of carbonyl (C=O) groups excluding carboxylic acids is 1. The van der Waals surface area contributed by atoms with Gasteiger partial charge >= 0.3 is 5.97 Å². The van der Waals surface area contributed by atoms with Gasteiger partial charge in [0.2, 0.25) is 6.10 Å². The van der Waals surface area contributed by atoms with Crippen LogP contribution in [0.3, 0.4) is 0 Å². The van der Waals surface area contributed by atoms with Crippen molar-refractivity contribution in [2.75, 3.05) is 7.11 Å². The van der Waals surface area contributed by atoms with Crippen LogP contribution in [0.2, 0.25) is 0 Å². The predicted octanol–water partition coefficient (Wildman–Crippen LogP) is 1.45. The Kier molecular flexibility index (Phi) is 6.33. The predicted molar refractivity (Wildman–Crippen MR) is 112 cm³/mol. The van der Waals surface area contributed by atoms with Crippen molar-refractivity contribution in [2.24, 2.45) is 0 Å². The lowest BCUT2D eigenvalue weighted by molar-refractivity contribution is -0.170. The van der Waals surface area contributed by atoms with Crippen molar-refractivity contribution in [1.82, 2.24) is 0 Å². The van der Waals surface area contributed by atoms with Crippen molar-refractivity contribution in [3.05, 3.63) is 59.7 Å². The van der Waals surface area contributed by atoms with E-state index in [1.54, 1.807) is 38.1 Å². The molecule has 0 N–H and O–H groups in total. The third-order valence-electron chi connectivity index (χ3n) is 5.31. The minimum absolute atomic E-state index is 0.106. The topological polar surface area (TPSA) is 132 Å². The molecule has 0 unspecified atom stereocenters. The van der Waals surface area contributed by atoms with E-state index in [-0.39, 0.29) is 9.79 Å². The molecule has 0 bridgehead atoms. The Hall–Kier alpha value is -2.35. The van der Waals surface area contributed by atoms with Gasteiger partial charge in [0.05, 0.1) is 9.79 Å². The molecule has 5 atom stereocenters. The number of hydrogen-bond acceptors (Lipinski definition) is 10. The molecule has 0 spiro atoms. The maximum absolute atomic E-state index is 12.8. The summed E-state index contributed by atoms with van der Waals surface area (Å²) in [5.74, 6) is -1.02. The van der Waals surface area contributed by atoms with Gasteiger partial charge in [-0.3, -0.25) is 4.18 Å². The quantitative estimate of drug-likeness (QED) is 0.408. The lowest BCUT2D eigenvalue weighted by Crippen LogP contribution is -2.38. The van der Waals surface area contributed by atoms with Crippen LogP contribution in [0.25, 0.3) is 0 Å². The van der Waals surface area contributed by atoms with E-state index in [4.69, 9.17) is 22.6 Å². The molecule has 2 aromatic rings. The van der Waals surface area contributed by atoms with Gasteiger partial charge in [0.25, 0.3) is 20.2 Å². The minimum atomic E-state index is -4.34.